The Labute approximate surface area is 189 Å². The third kappa shape index (κ3) is 4.13. The zero-order valence-electron chi connectivity index (χ0n) is 19.6. The maximum Gasteiger partial charge on any atom is 0.131 e. The summed E-state index contributed by atoms with van der Waals surface area (Å²) in [5.41, 5.74) is 5.47. The third-order valence-corrected chi connectivity index (χ3v) is 5.80. The van der Waals surface area contributed by atoms with Crippen LogP contribution >= 0.6 is 0 Å². The lowest BCUT2D eigenvalue weighted by Crippen LogP contribution is -2.00. The Bertz CT molecular complexity index is 1350. The smallest absolute Gasteiger partial charge is 0.131 e. The fourth-order valence-electron chi connectivity index (χ4n) is 4.01. The largest absolute Gasteiger partial charge is 0.497 e. The average molecular weight is 428 g/mol. The summed E-state index contributed by atoms with van der Waals surface area (Å²) in [4.78, 5) is 5.07. The molecule has 3 aromatic carbocycles. The van der Waals surface area contributed by atoms with Gasteiger partial charge < -0.3 is 13.9 Å². The summed E-state index contributed by atoms with van der Waals surface area (Å²) in [6.45, 7) is 10.7. The number of hydrogen-bond donors (Lipinski definition) is 0. The number of ether oxygens (including phenoxy) is 2. The highest BCUT2D eigenvalue weighted by molar-refractivity contribution is 5.93. The maximum atomic E-state index is 6.09. The first-order chi connectivity index (χ1) is 15.4. The number of furan rings is 1. The predicted octanol–water partition coefficient (Wildman–Crippen LogP) is 6.97. The second-order valence-electron chi connectivity index (χ2n) is 8.00. The second-order valence-corrected chi connectivity index (χ2v) is 8.00. The van der Waals surface area contributed by atoms with Gasteiger partial charge in [-0.25, -0.2) is 4.99 Å². The van der Waals surface area contributed by atoms with Crippen LogP contribution in [0.15, 0.2) is 64.0 Å². The van der Waals surface area contributed by atoms with Crippen LogP contribution in [0.2, 0.25) is 0 Å². The van der Waals surface area contributed by atoms with Gasteiger partial charge in [-0.05, 0) is 93.3 Å². The molecule has 0 spiro atoms. The Morgan fingerprint density at radius 1 is 0.781 bits per heavy atom. The molecule has 4 heteroatoms. The molecule has 164 valence electrons. The van der Waals surface area contributed by atoms with Crippen LogP contribution in [0.25, 0.3) is 21.9 Å². The van der Waals surface area contributed by atoms with Gasteiger partial charge in [0, 0.05) is 0 Å². The molecule has 4 nitrogen and oxygen atoms in total. The highest BCUT2D eigenvalue weighted by atomic mass is 16.5. The normalized spacial score (nSPS) is 11.8. The van der Waals surface area contributed by atoms with E-state index in [1.165, 1.54) is 11.1 Å². The minimum absolute atomic E-state index is 0.564. The quantitative estimate of drug-likeness (QED) is 0.345. The van der Waals surface area contributed by atoms with Crippen molar-refractivity contribution in [2.75, 3.05) is 13.7 Å². The van der Waals surface area contributed by atoms with Gasteiger partial charge in [0.05, 0.1) is 35.5 Å². The van der Waals surface area contributed by atoms with Crippen molar-refractivity contribution in [3.05, 3.63) is 82.6 Å². The van der Waals surface area contributed by atoms with E-state index in [0.29, 0.717) is 6.61 Å². The van der Waals surface area contributed by atoms with E-state index in [2.05, 4.69) is 56.3 Å². The minimum Gasteiger partial charge on any atom is -0.497 e. The van der Waals surface area contributed by atoms with Crippen molar-refractivity contribution >= 4 is 16.5 Å². The van der Waals surface area contributed by atoms with Gasteiger partial charge in [-0.1, -0.05) is 18.2 Å². The van der Waals surface area contributed by atoms with Crippen LogP contribution in [-0.4, -0.2) is 13.7 Å². The van der Waals surface area contributed by atoms with Gasteiger partial charge in [0.1, 0.15) is 23.0 Å². The van der Waals surface area contributed by atoms with Crippen LogP contribution in [-0.2, 0) is 0 Å². The van der Waals surface area contributed by atoms with Gasteiger partial charge in [0.25, 0.3) is 0 Å². The molecular weight excluding hydrogens is 398 g/mol. The summed E-state index contributed by atoms with van der Waals surface area (Å²) in [6, 6.07) is 18.5. The molecule has 4 rings (SSSR count). The van der Waals surface area contributed by atoms with Gasteiger partial charge in [-0.3, -0.25) is 0 Å². The minimum atomic E-state index is 0.564. The Hall–Kier alpha value is -3.53. The van der Waals surface area contributed by atoms with Crippen molar-refractivity contribution in [3.63, 3.8) is 0 Å². The lowest BCUT2D eigenvalue weighted by atomic mass is 10.1. The molecule has 0 radical (unpaired) electrons. The van der Waals surface area contributed by atoms with E-state index in [1.807, 2.05) is 32.9 Å². The fourth-order valence-corrected chi connectivity index (χ4v) is 4.01. The zero-order chi connectivity index (χ0) is 22.8. The van der Waals surface area contributed by atoms with Crippen molar-refractivity contribution in [2.24, 2.45) is 4.99 Å². The number of fused-ring (bicyclic) bond motifs is 1. The molecular formula is C28H29NO3. The van der Waals surface area contributed by atoms with Crippen molar-refractivity contribution in [2.45, 2.75) is 34.6 Å². The number of nitrogens with zero attached hydrogens (tertiary/aromatic N) is 1. The highest BCUT2D eigenvalue weighted by Crippen LogP contribution is 2.34. The molecule has 0 aliphatic heterocycles. The van der Waals surface area contributed by atoms with Crippen LogP contribution in [0, 0.1) is 27.7 Å². The molecule has 1 heterocycles. The van der Waals surface area contributed by atoms with Gasteiger partial charge in [-0.15, -0.1) is 0 Å². The molecule has 0 unspecified atom stereocenters. The number of aryl methyl sites for hydroxylation is 4. The molecule has 0 saturated carbocycles. The highest BCUT2D eigenvalue weighted by Gasteiger charge is 2.15. The second kappa shape index (κ2) is 8.91. The van der Waals surface area contributed by atoms with Crippen LogP contribution in [0.1, 0.15) is 29.6 Å². The van der Waals surface area contributed by atoms with E-state index in [1.54, 1.807) is 7.11 Å². The Morgan fingerprint density at radius 2 is 1.50 bits per heavy atom. The summed E-state index contributed by atoms with van der Waals surface area (Å²) in [5, 5.41) is 2.80. The molecule has 0 amide bonds. The topological polar surface area (TPSA) is 44.0 Å². The Balaban J connectivity index is 2.09. The summed E-state index contributed by atoms with van der Waals surface area (Å²) < 4.78 is 17.5. The van der Waals surface area contributed by atoms with Crippen LogP contribution in [0.4, 0.5) is 5.69 Å². The van der Waals surface area contributed by atoms with Gasteiger partial charge in [0.15, 0.2) is 0 Å². The Kier molecular flexibility index (Phi) is 6.04. The summed E-state index contributed by atoms with van der Waals surface area (Å²) in [5.74, 6) is 3.28. The molecule has 0 aliphatic carbocycles. The summed E-state index contributed by atoms with van der Waals surface area (Å²) >= 11 is 0. The number of hydrogen-bond acceptors (Lipinski definition) is 4. The first-order valence-electron chi connectivity index (χ1n) is 10.9. The molecule has 0 atom stereocenters. The van der Waals surface area contributed by atoms with E-state index in [9.17, 15) is 0 Å². The lowest BCUT2D eigenvalue weighted by Gasteiger charge is -2.05. The van der Waals surface area contributed by atoms with Crippen LogP contribution in [0.3, 0.4) is 0 Å². The molecule has 4 aromatic rings. The van der Waals surface area contributed by atoms with Gasteiger partial charge in [0.2, 0.25) is 0 Å². The van der Waals surface area contributed by atoms with Crippen molar-refractivity contribution in [1.82, 2.24) is 0 Å². The van der Waals surface area contributed by atoms with E-state index >= 15 is 0 Å². The van der Waals surface area contributed by atoms with E-state index in [4.69, 9.17) is 18.9 Å². The van der Waals surface area contributed by atoms with E-state index in [0.717, 1.165) is 56.0 Å². The number of benzene rings is 2. The first kappa shape index (κ1) is 21.7. The van der Waals surface area contributed by atoms with Crippen molar-refractivity contribution in [1.29, 1.82) is 0 Å². The van der Waals surface area contributed by atoms with E-state index in [-0.39, 0.29) is 0 Å². The molecule has 0 aliphatic rings. The number of methoxy groups -OCH3 is 1. The van der Waals surface area contributed by atoms with Crippen molar-refractivity contribution < 1.29 is 13.9 Å². The van der Waals surface area contributed by atoms with Crippen molar-refractivity contribution in [3.8, 4) is 22.6 Å². The van der Waals surface area contributed by atoms with E-state index < -0.39 is 0 Å². The first-order valence-corrected chi connectivity index (χ1v) is 10.9. The van der Waals surface area contributed by atoms with Crippen LogP contribution < -0.4 is 14.8 Å². The maximum absolute atomic E-state index is 6.09. The summed E-state index contributed by atoms with van der Waals surface area (Å²) in [6.07, 6.45) is 0. The average Bonchev–Trinajstić information content (AvgIpc) is 2.97. The third-order valence-electron chi connectivity index (χ3n) is 5.80. The van der Waals surface area contributed by atoms with Crippen LogP contribution in [0.5, 0.6) is 11.5 Å². The standard InChI is InChI=1S/C28H29NO3/c1-7-31-26-16-22(21-9-12-24(30-6)13-10-21)15-25(27-19(4)32-20(5)28(26)27)29-23-11-8-17(2)18(3)14-23/h8-16H,7H2,1-6H3. The monoisotopic (exact) mass is 427 g/mol. The van der Waals surface area contributed by atoms with Gasteiger partial charge in [-0.2, -0.15) is 0 Å². The fraction of sp³-hybridized carbons (Fsp3) is 0.250. The Morgan fingerprint density at radius 3 is 2.16 bits per heavy atom. The SMILES string of the molecule is CCOc1cc(-c2ccc(OC)cc2)cc(=Nc2ccc(C)c(C)c2)c2c(C)oc(C)c12. The molecule has 32 heavy (non-hydrogen) atoms. The summed E-state index contributed by atoms with van der Waals surface area (Å²) in [7, 11) is 1.67. The molecule has 0 bridgehead atoms. The van der Waals surface area contributed by atoms with Gasteiger partial charge >= 0.3 is 0 Å². The zero-order valence-corrected chi connectivity index (χ0v) is 19.6. The predicted molar refractivity (Wildman–Crippen MR) is 130 cm³/mol. The number of rotatable bonds is 5. The molecule has 0 saturated heterocycles. The molecule has 0 N–H and O–H groups in total. The molecule has 0 fully saturated rings. The lowest BCUT2D eigenvalue weighted by molar-refractivity contribution is 0.344. The molecule has 1 aromatic heterocycles.